The number of nitrogens with two attached hydrogens (primary N) is 1. The topological polar surface area (TPSA) is 114 Å². The predicted octanol–water partition coefficient (Wildman–Crippen LogP) is 0.0556. The zero-order chi connectivity index (χ0) is 14.7. The third-order valence-corrected chi connectivity index (χ3v) is 4.10. The second kappa shape index (κ2) is 5.54. The normalized spacial score (nSPS) is 12.2. The Labute approximate surface area is 112 Å². The van der Waals surface area contributed by atoms with Gasteiger partial charge in [0.05, 0.1) is 0 Å². The van der Waals surface area contributed by atoms with Crippen LogP contribution in [0.3, 0.4) is 0 Å². The average Bonchev–Trinajstić information content (AvgIpc) is 2.28. The number of pyridine rings is 1. The van der Waals surface area contributed by atoms with Crippen molar-refractivity contribution in [3.63, 3.8) is 0 Å². The Morgan fingerprint density at radius 3 is 2.63 bits per heavy atom. The van der Waals surface area contributed by atoms with E-state index >= 15 is 0 Å². The van der Waals surface area contributed by atoms with Crippen molar-refractivity contribution in [2.45, 2.75) is 31.2 Å². The zero-order valence-electron chi connectivity index (χ0n) is 11.1. The molecule has 0 spiro atoms. The lowest BCUT2D eigenvalue weighted by Gasteiger charge is -2.22. The van der Waals surface area contributed by atoms with Crippen molar-refractivity contribution in [3.8, 4) is 0 Å². The molecule has 1 aromatic heterocycles. The monoisotopic (exact) mass is 286 g/mol. The highest BCUT2D eigenvalue weighted by atomic mass is 32.2. The summed E-state index contributed by atoms with van der Waals surface area (Å²) in [6.07, 6.45) is 1.48. The van der Waals surface area contributed by atoms with E-state index in [0.717, 1.165) is 0 Å². The van der Waals surface area contributed by atoms with Gasteiger partial charge in [0.2, 0.25) is 15.9 Å². The summed E-state index contributed by atoms with van der Waals surface area (Å²) in [5.74, 6) is -0.525. The summed E-state index contributed by atoms with van der Waals surface area (Å²) < 4.78 is 26.8. The van der Waals surface area contributed by atoms with Gasteiger partial charge in [-0.05, 0) is 32.9 Å². The standard InChI is InChI=1S/C11H18N4O3S/c1-4-13-9-8(6-5-7-14-9)19(17,18)15-11(2,3)10(12)16/h5-7,15H,4H2,1-3H3,(H2,12,16)(H,13,14). The van der Waals surface area contributed by atoms with Gasteiger partial charge in [-0.25, -0.2) is 13.4 Å². The summed E-state index contributed by atoms with van der Waals surface area (Å²) in [4.78, 5) is 15.1. The third kappa shape index (κ3) is 3.65. The Kier molecular flexibility index (Phi) is 4.48. The Bertz CT molecular complexity index is 569. The van der Waals surface area contributed by atoms with Crippen LogP contribution in [0.1, 0.15) is 20.8 Å². The number of sulfonamides is 1. The van der Waals surface area contributed by atoms with Gasteiger partial charge in [0.15, 0.2) is 0 Å². The molecule has 106 valence electrons. The molecular weight excluding hydrogens is 268 g/mol. The molecule has 0 aliphatic carbocycles. The highest BCUT2D eigenvalue weighted by Crippen LogP contribution is 2.19. The fourth-order valence-corrected chi connectivity index (χ4v) is 2.87. The Morgan fingerprint density at radius 1 is 1.47 bits per heavy atom. The molecule has 0 fully saturated rings. The highest BCUT2D eigenvalue weighted by molar-refractivity contribution is 7.89. The lowest BCUT2D eigenvalue weighted by Crippen LogP contribution is -2.52. The van der Waals surface area contributed by atoms with Crippen molar-refractivity contribution in [1.29, 1.82) is 0 Å². The SMILES string of the molecule is CCNc1ncccc1S(=O)(=O)NC(C)(C)C(N)=O. The van der Waals surface area contributed by atoms with Gasteiger partial charge in [0.1, 0.15) is 16.3 Å². The molecule has 0 saturated heterocycles. The second-order valence-corrected chi connectivity index (χ2v) is 6.13. The molecule has 0 radical (unpaired) electrons. The molecule has 0 aliphatic rings. The molecule has 19 heavy (non-hydrogen) atoms. The fourth-order valence-electron chi connectivity index (χ4n) is 1.35. The number of anilines is 1. The van der Waals surface area contributed by atoms with Crippen LogP contribution in [-0.4, -0.2) is 31.4 Å². The first-order valence-electron chi connectivity index (χ1n) is 5.73. The van der Waals surface area contributed by atoms with Crippen LogP contribution in [0, 0.1) is 0 Å². The fraction of sp³-hybridized carbons (Fsp3) is 0.455. The number of hydrogen-bond acceptors (Lipinski definition) is 5. The van der Waals surface area contributed by atoms with Gasteiger partial charge in [-0.15, -0.1) is 0 Å². The molecular formula is C11H18N4O3S. The van der Waals surface area contributed by atoms with Crippen LogP contribution in [0.5, 0.6) is 0 Å². The Morgan fingerprint density at radius 2 is 2.11 bits per heavy atom. The van der Waals surface area contributed by atoms with E-state index < -0.39 is 21.5 Å². The van der Waals surface area contributed by atoms with E-state index in [2.05, 4.69) is 15.0 Å². The van der Waals surface area contributed by atoms with Crippen LogP contribution >= 0.6 is 0 Å². The summed E-state index contributed by atoms with van der Waals surface area (Å²) in [5.41, 5.74) is 3.78. The number of amides is 1. The van der Waals surface area contributed by atoms with Gasteiger partial charge in [0.25, 0.3) is 0 Å². The Hall–Kier alpha value is -1.67. The molecule has 0 atom stereocenters. The van der Waals surface area contributed by atoms with Gasteiger partial charge >= 0.3 is 0 Å². The van der Waals surface area contributed by atoms with Crippen molar-refractivity contribution >= 4 is 21.7 Å². The maximum Gasteiger partial charge on any atom is 0.245 e. The summed E-state index contributed by atoms with van der Waals surface area (Å²) in [6.45, 7) is 5.15. The summed E-state index contributed by atoms with van der Waals surface area (Å²) in [7, 11) is -3.89. The molecule has 0 bridgehead atoms. The first-order valence-corrected chi connectivity index (χ1v) is 7.22. The molecule has 7 nitrogen and oxygen atoms in total. The van der Waals surface area contributed by atoms with Crippen molar-refractivity contribution in [2.24, 2.45) is 5.73 Å². The maximum atomic E-state index is 12.2. The van der Waals surface area contributed by atoms with Crippen molar-refractivity contribution in [2.75, 3.05) is 11.9 Å². The van der Waals surface area contributed by atoms with Gasteiger partial charge < -0.3 is 11.1 Å². The summed E-state index contributed by atoms with van der Waals surface area (Å²) in [6, 6.07) is 2.91. The Balaban J connectivity index is 3.18. The maximum absolute atomic E-state index is 12.2. The number of carbonyl (C=O) groups is 1. The van der Waals surface area contributed by atoms with Crippen LogP contribution in [0.25, 0.3) is 0 Å². The molecule has 1 amide bonds. The van der Waals surface area contributed by atoms with Crippen LogP contribution in [0.4, 0.5) is 5.82 Å². The number of hydrogen-bond donors (Lipinski definition) is 3. The van der Waals surface area contributed by atoms with Crippen LogP contribution in [0.15, 0.2) is 23.2 Å². The third-order valence-electron chi connectivity index (χ3n) is 2.41. The predicted molar refractivity (Wildman–Crippen MR) is 72.0 cm³/mol. The minimum absolute atomic E-state index is 0.0221. The van der Waals surface area contributed by atoms with E-state index in [1.54, 1.807) is 0 Å². The molecule has 1 aromatic rings. The summed E-state index contributed by atoms with van der Waals surface area (Å²) in [5, 5.41) is 2.85. The number of aromatic nitrogens is 1. The van der Waals surface area contributed by atoms with Crippen LogP contribution in [0.2, 0.25) is 0 Å². The number of nitrogens with zero attached hydrogens (tertiary/aromatic N) is 1. The minimum atomic E-state index is -3.89. The number of primary amides is 1. The zero-order valence-corrected chi connectivity index (χ0v) is 11.9. The largest absolute Gasteiger partial charge is 0.369 e. The lowest BCUT2D eigenvalue weighted by atomic mass is 10.1. The first kappa shape index (κ1) is 15.4. The van der Waals surface area contributed by atoms with Crippen molar-refractivity contribution in [1.82, 2.24) is 9.71 Å². The molecule has 8 heteroatoms. The first-order chi connectivity index (χ1) is 8.70. The molecule has 1 rings (SSSR count). The second-order valence-electron chi connectivity index (χ2n) is 4.48. The van der Waals surface area contributed by atoms with Crippen molar-refractivity contribution in [3.05, 3.63) is 18.3 Å². The van der Waals surface area contributed by atoms with E-state index in [0.29, 0.717) is 6.54 Å². The van der Waals surface area contributed by atoms with E-state index in [1.165, 1.54) is 32.2 Å². The molecule has 1 heterocycles. The molecule has 0 saturated carbocycles. The van der Waals surface area contributed by atoms with Gasteiger partial charge in [-0.3, -0.25) is 4.79 Å². The van der Waals surface area contributed by atoms with E-state index in [-0.39, 0.29) is 10.7 Å². The highest BCUT2D eigenvalue weighted by Gasteiger charge is 2.32. The number of rotatable bonds is 6. The van der Waals surface area contributed by atoms with Crippen molar-refractivity contribution < 1.29 is 13.2 Å². The van der Waals surface area contributed by atoms with Crippen LogP contribution in [-0.2, 0) is 14.8 Å². The molecule has 0 unspecified atom stereocenters. The lowest BCUT2D eigenvalue weighted by molar-refractivity contribution is -0.122. The van der Waals surface area contributed by atoms with Gasteiger partial charge in [0, 0.05) is 12.7 Å². The quantitative estimate of drug-likeness (QED) is 0.684. The summed E-state index contributed by atoms with van der Waals surface area (Å²) >= 11 is 0. The van der Waals surface area contributed by atoms with E-state index in [4.69, 9.17) is 5.73 Å². The van der Waals surface area contributed by atoms with Crippen LogP contribution < -0.4 is 15.8 Å². The molecule has 0 aromatic carbocycles. The van der Waals surface area contributed by atoms with Gasteiger partial charge in [-0.2, -0.15) is 4.72 Å². The number of nitrogens with one attached hydrogen (secondary N) is 2. The smallest absolute Gasteiger partial charge is 0.245 e. The minimum Gasteiger partial charge on any atom is -0.369 e. The number of carbonyl (C=O) groups excluding carboxylic acids is 1. The van der Waals surface area contributed by atoms with E-state index in [1.807, 2.05) is 6.92 Å². The van der Waals surface area contributed by atoms with E-state index in [9.17, 15) is 13.2 Å². The molecule has 0 aliphatic heterocycles. The van der Waals surface area contributed by atoms with Gasteiger partial charge in [-0.1, -0.05) is 0 Å². The molecule has 4 N–H and O–H groups in total. The average molecular weight is 286 g/mol.